The van der Waals surface area contributed by atoms with Crippen molar-refractivity contribution in [1.29, 1.82) is 5.26 Å². The highest BCUT2D eigenvalue weighted by atomic mass is 32.2. The van der Waals surface area contributed by atoms with Gasteiger partial charge in [0.2, 0.25) is 5.69 Å². The topological polar surface area (TPSA) is 44.3 Å². The Balaban J connectivity index is 1.88. The number of nitrogens with zero attached hydrogens (tertiary/aromatic N) is 4. The van der Waals surface area contributed by atoms with E-state index >= 15 is 0 Å². The Labute approximate surface area is 136 Å². The molecule has 1 unspecified atom stereocenters. The molecule has 2 aliphatic heterocycles. The Morgan fingerprint density at radius 1 is 1.45 bits per heavy atom. The second kappa shape index (κ2) is 6.28. The molecule has 0 aromatic carbocycles. The van der Waals surface area contributed by atoms with Crippen LogP contribution in [0.15, 0.2) is 18.5 Å². The zero-order valence-electron chi connectivity index (χ0n) is 12.8. The van der Waals surface area contributed by atoms with Crippen molar-refractivity contribution in [3.05, 3.63) is 35.4 Å². The van der Waals surface area contributed by atoms with Crippen molar-refractivity contribution >= 4 is 17.4 Å². The van der Waals surface area contributed by atoms with E-state index in [1.807, 2.05) is 17.8 Å². The summed E-state index contributed by atoms with van der Waals surface area (Å²) in [5.74, 6) is 1.15. The van der Waals surface area contributed by atoms with Crippen LogP contribution in [0.5, 0.6) is 0 Å². The Hall–Kier alpha value is -1.56. The van der Waals surface area contributed by atoms with Crippen molar-refractivity contribution in [2.45, 2.75) is 43.2 Å². The minimum absolute atomic E-state index is 0.463. The van der Waals surface area contributed by atoms with Gasteiger partial charge in [-0.2, -0.15) is 17.0 Å². The summed E-state index contributed by atoms with van der Waals surface area (Å²) in [6.45, 7) is 8.29. The number of thioether (sulfide) groups is 1. The molecule has 4 nitrogen and oxygen atoms in total. The molecule has 0 spiro atoms. The largest absolute Gasteiger partial charge is 0.296 e. The first-order chi connectivity index (χ1) is 10.7. The van der Waals surface area contributed by atoms with Gasteiger partial charge >= 0.3 is 0 Å². The SMILES string of the molecule is [C-]#[N+]c1cncc(C2(C#N)C[C@H]3CC[C@@H](C2)N3CCSC)c1. The highest BCUT2D eigenvalue weighted by Crippen LogP contribution is 2.47. The summed E-state index contributed by atoms with van der Waals surface area (Å²) >= 11 is 1.88. The predicted molar refractivity (Wildman–Crippen MR) is 88.9 cm³/mol. The van der Waals surface area contributed by atoms with Gasteiger partial charge in [0.25, 0.3) is 0 Å². The molecule has 5 heteroatoms. The molecule has 114 valence electrons. The van der Waals surface area contributed by atoms with Gasteiger partial charge in [-0.25, -0.2) is 4.85 Å². The van der Waals surface area contributed by atoms with Gasteiger partial charge in [0.1, 0.15) is 0 Å². The minimum atomic E-state index is -0.463. The summed E-state index contributed by atoms with van der Waals surface area (Å²) in [6.07, 6.45) is 9.64. The van der Waals surface area contributed by atoms with Crippen LogP contribution in [0.3, 0.4) is 0 Å². The van der Waals surface area contributed by atoms with Crippen LogP contribution in [-0.4, -0.2) is 40.5 Å². The second-order valence-electron chi connectivity index (χ2n) is 6.26. The van der Waals surface area contributed by atoms with Crippen LogP contribution in [0.4, 0.5) is 5.69 Å². The number of fused-ring (bicyclic) bond motifs is 2. The molecule has 0 N–H and O–H groups in total. The van der Waals surface area contributed by atoms with E-state index in [9.17, 15) is 5.26 Å². The normalized spacial score (nSPS) is 30.7. The minimum Gasteiger partial charge on any atom is -0.296 e. The highest BCUT2D eigenvalue weighted by molar-refractivity contribution is 7.98. The Morgan fingerprint density at radius 3 is 2.77 bits per heavy atom. The lowest BCUT2D eigenvalue weighted by atomic mass is 9.71. The van der Waals surface area contributed by atoms with Crippen molar-refractivity contribution in [3.63, 3.8) is 0 Å². The Morgan fingerprint density at radius 2 is 2.18 bits per heavy atom. The van der Waals surface area contributed by atoms with Crippen molar-refractivity contribution in [3.8, 4) is 6.07 Å². The first-order valence-electron chi connectivity index (χ1n) is 7.71. The predicted octanol–water partition coefficient (Wildman–Crippen LogP) is 3.38. The fourth-order valence-corrected chi connectivity index (χ4v) is 4.44. The van der Waals surface area contributed by atoms with Gasteiger partial charge in [0, 0.05) is 36.8 Å². The van der Waals surface area contributed by atoms with Crippen molar-refractivity contribution in [1.82, 2.24) is 9.88 Å². The smallest absolute Gasteiger partial charge is 0.205 e. The van der Waals surface area contributed by atoms with Crippen LogP contribution in [0, 0.1) is 17.9 Å². The van der Waals surface area contributed by atoms with Crippen molar-refractivity contribution in [2.24, 2.45) is 0 Å². The summed E-state index contributed by atoms with van der Waals surface area (Å²) < 4.78 is 0. The maximum Gasteiger partial charge on any atom is 0.205 e. The standard InChI is InChI=1S/C17H20N4S/c1-19-14-7-13(10-20-11-14)17(12-18)8-15-3-4-16(9-17)21(15)5-6-22-2/h7,10-11,15-16H,3-6,8-9H2,2H3/t15-,16+,17?. The number of nitriles is 1. The fourth-order valence-electron chi connectivity index (χ4n) is 4.05. The molecule has 0 radical (unpaired) electrons. The van der Waals surface area contributed by atoms with Gasteiger partial charge in [0.15, 0.2) is 0 Å². The third-order valence-electron chi connectivity index (χ3n) is 5.11. The average molecular weight is 312 g/mol. The first-order valence-corrected chi connectivity index (χ1v) is 9.11. The molecule has 0 saturated carbocycles. The summed E-state index contributed by atoms with van der Waals surface area (Å²) in [5.41, 5.74) is 1.00. The quantitative estimate of drug-likeness (QED) is 0.800. The summed E-state index contributed by atoms with van der Waals surface area (Å²) in [5, 5.41) is 9.91. The van der Waals surface area contributed by atoms with E-state index < -0.39 is 5.41 Å². The lowest BCUT2D eigenvalue weighted by Crippen LogP contribution is -2.49. The van der Waals surface area contributed by atoms with Crippen LogP contribution < -0.4 is 0 Å². The Kier molecular flexibility index (Phi) is 4.38. The molecule has 0 amide bonds. The summed E-state index contributed by atoms with van der Waals surface area (Å²) in [6, 6.07) is 5.45. The van der Waals surface area contributed by atoms with Crippen LogP contribution in [0.25, 0.3) is 4.85 Å². The fraction of sp³-hybridized carbons (Fsp3) is 0.588. The van der Waals surface area contributed by atoms with Gasteiger partial charge in [0.05, 0.1) is 18.1 Å². The number of aromatic nitrogens is 1. The van der Waals surface area contributed by atoms with Crippen molar-refractivity contribution in [2.75, 3.05) is 18.6 Å². The zero-order valence-corrected chi connectivity index (χ0v) is 13.6. The number of piperidine rings is 1. The van der Waals surface area contributed by atoms with E-state index in [0.29, 0.717) is 17.8 Å². The monoisotopic (exact) mass is 312 g/mol. The third-order valence-corrected chi connectivity index (χ3v) is 5.70. The lowest BCUT2D eigenvalue weighted by molar-refractivity contribution is 0.113. The third kappa shape index (κ3) is 2.60. The summed E-state index contributed by atoms with van der Waals surface area (Å²) in [7, 11) is 0. The summed E-state index contributed by atoms with van der Waals surface area (Å²) in [4.78, 5) is 10.3. The van der Waals surface area contributed by atoms with Gasteiger partial charge < -0.3 is 0 Å². The molecule has 2 aliphatic rings. The molecule has 22 heavy (non-hydrogen) atoms. The second-order valence-corrected chi connectivity index (χ2v) is 7.25. The van der Waals surface area contributed by atoms with Gasteiger partial charge in [-0.1, -0.05) is 0 Å². The average Bonchev–Trinajstić information content (AvgIpc) is 2.81. The maximum atomic E-state index is 9.91. The molecule has 1 aromatic rings. The van der Waals surface area contributed by atoms with Crippen LogP contribution in [-0.2, 0) is 5.41 Å². The molecule has 2 bridgehead atoms. The van der Waals surface area contributed by atoms with Gasteiger partial charge in [-0.3, -0.25) is 9.88 Å². The van der Waals surface area contributed by atoms with E-state index in [-0.39, 0.29) is 0 Å². The van der Waals surface area contributed by atoms with Gasteiger partial charge in [-0.15, -0.1) is 0 Å². The molecular formula is C17H20N4S. The number of hydrogen-bond acceptors (Lipinski definition) is 4. The maximum absolute atomic E-state index is 9.91. The van der Waals surface area contributed by atoms with Crippen molar-refractivity contribution < 1.29 is 0 Å². The number of rotatable bonds is 4. The molecule has 0 aliphatic carbocycles. The first kappa shape index (κ1) is 15.3. The van der Waals surface area contributed by atoms with Gasteiger partial charge in [-0.05, 0) is 43.6 Å². The van der Waals surface area contributed by atoms with E-state index in [1.165, 1.54) is 12.8 Å². The van der Waals surface area contributed by atoms with E-state index in [1.54, 1.807) is 12.4 Å². The molecule has 2 fully saturated rings. The molecule has 3 heterocycles. The molecule has 1 aromatic heterocycles. The molecule has 3 atom stereocenters. The highest BCUT2D eigenvalue weighted by Gasteiger charge is 2.49. The molecule has 3 rings (SSSR count). The number of hydrogen-bond donors (Lipinski definition) is 0. The lowest BCUT2D eigenvalue weighted by Gasteiger charge is -2.43. The number of pyridine rings is 1. The molecule has 2 saturated heterocycles. The Bertz CT molecular complexity index is 616. The van der Waals surface area contributed by atoms with E-state index in [4.69, 9.17) is 6.57 Å². The van der Waals surface area contributed by atoms with Crippen LogP contribution in [0.2, 0.25) is 0 Å². The van der Waals surface area contributed by atoms with Crippen LogP contribution in [0.1, 0.15) is 31.2 Å². The molecular weight excluding hydrogens is 292 g/mol. The van der Waals surface area contributed by atoms with E-state index in [2.05, 4.69) is 27.1 Å². The van der Waals surface area contributed by atoms with Crippen LogP contribution >= 0.6 is 11.8 Å². The zero-order chi connectivity index (χ0) is 15.6. The van der Waals surface area contributed by atoms with E-state index in [0.717, 1.165) is 30.7 Å².